The Kier molecular flexibility index (Phi) is 2.58. The van der Waals surface area contributed by atoms with Gasteiger partial charge in [-0.2, -0.15) is 0 Å². The Morgan fingerprint density at radius 1 is 1.20 bits per heavy atom. The quantitative estimate of drug-likeness (QED) is 0.683. The third-order valence-electron chi connectivity index (χ3n) is 2.95. The lowest BCUT2D eigenvalue weighted by Crippen LogP contribution is -2.36. The van der Waals surface area contributed by atoms with Crippen LogP contribution < -0.4 is 0 Å². The second-order valence-electron chi connectivity index (χ2n) is 4.02. The monoisotopic (exact) mass is 201 g/mol. The Hall–Kier alpha value is -1.57. The lowest BCUT2D eigenvalue weighted by Gasteiger charge is -2.34. The molecule has 1 aliphatic rings. The topological polar surface area (TPSA) is 20.3 Å². The molecule has 0 aliphatic carbocycles. The van der Waals surface area contributed by atoms with E-state index in [0.29, 0.717) is 5.92 Å². The summed E-state index contributed by atoms with van der Waals surface area (Å²) in [6.07, 6.45) is 3.64. The molecule has 1 aromatic rings. The van der Waals surface area contributed by atoms with Crippen LogP contribution in [0.15, 0.2) is 42.5 Å². The summed E-state index contributed by atoms with van der Waals surface area (Å²) in [4.78, 5) is 13.4. The lowest BCUT2D eigenvalue weighted by atomic mass is 9.90. The van der Waals surface area contributed by atoms with Crippen LogP contribution in [0.3, 0.4) is 0 Å². The van der Waals surface area contributed by atoms with Crippen molar-refractivity contribution < 1.29 is 4.79 Å². The molecule has 0 unspecified atom stereocenters. The molecule has 0 spiro atoms. The molecular weight excluding hydrogens is 186 g/mol. The maximum atomic E-state index is 11.6. The number of hydrogen-bond acceptors (Lipinski definition) is 1. The fraction of sp³-hybridized carbons (Fsp3) is 0.308. The minimum absolute atomic E-state index is 0.0851. The van der Waals surface area contributed by atoms with Crippen molar-refractivity contribution in [3.63, 3.8) is 0 Å². The third-order valence-corrected chi connectivity index (χ3v) is 2.95. The second-order valence-corrected chi connectivity index (χ2v) is 4.02. The van der Waals surface area contributed by atoms with Crippen LogP contribution in [-0.2, 0) is 4.79 Å². The number of carbonyl (C=O) groups excluding carboxylic acids is 1. The first-order valence-electron chi connectivity index (χ1n) is 5.20. The fourth-order valence-electron chi connectivity index (χ4n) is 2.12. The molecule has 1 amide bonds. The molecule has 1 aromatic carbocycles. The van der Waals surface area contributed by atoms with Crippen molar-refractivity contribution in [1.29, 1.82) is 0 Å². The normalized spacial score (nSPS) is 25.7. The van der Waals surface area contributed by atoms with Crippen molar-refractivity contribution in [3.05, 3.63) is 48.0 Å². The van der Waals surface area contributed by atoms with E-state index in [-0.39, 0.29) is 11.9 Å². The first-order chi connectivity index (χ1) is 7.20. The highest BCUT2D eigenvalue weighted by Gasteiger charge is 2.27. The Bertz CT molecular complexity index is 383. The molecule has 0 N–H and O–H groups in total. The maximum absolute atomic E-state index is 11.6. The van der Waals surface area contributed by atoms with Gasteiger partial charge in [0.25, 0.3) is 0 Å². The predicted octanol–water partition coefficient (Wildman–Crippen LogP) is 2.39. The molecule has 0 aromatic heterocycles. The van der Waals surface area contributed by atoms with E-state index in [4.69, 9.17) is 0 Å². The molecule has 0 bridgehead atoms. The Morgan fingerprint density at radius 3 is 2.53 bits per heavy atom. The van der Waals surface area contributed by atoms with Crippen molar-refractivity contribution in [1.82, 2.24) is 4.90 Å². The summed E-state index contributed by atoms with van der Waals surface area (Å²) in [5.74, 6) is 0.456. The van der Waals surface area contributed by atoms with E-state index in [1.165, 1.54) is 5.56 Å². The zero-order chi connectivity index (χ0) is 10.8. The van der Waals surface area contributed by atoms with Crippen molar-refractivity contribution in [2.45, 2.75) is 13.0 Å². The molecule has 2 atom stereocenters. The van der Waals surface area contributed by atoms with Gasteiger partial charge in [-0.05, 0) is 17.6 Å². The average molecular weight is 201 g/mol. The van der Waals surface area contributed by atoms with Crippen molar-refractivity contribution in [3.8, 4) is 0 Å². The number of amides is 1. The SMILES string of the molecule is C[C@H]1C=CC(=O)N(C)[C@H]1c1ccccc1. The predicted molar refractivity (Wildman–Crippen MR) is 60.3 cm³/mol. The van der Waals surface area contributed by atoms with Crippen LogP contribution in [0, 0.1) is 5.92 Å². The van der Waals surface area contributed by atoms with Gasteiger partial charge < -0.3 is 4.90 Å². The number of carbonyl (C=O) groups is 1. The molecule has 2 nitrogen and oxygen atoms in total. The number of hydrogen-bond donors (Lipinski definition) is 0. The summed E-state index contributed by atoms with van der Waals surface area (Å²) in [6, 6.07) is 10.3. The Labute approximate surface area is 90.2 Å². The van der Waals surface area contributed by atoms with Crippen LogP contribution in [-0.4, -0.2) is 17.9 Å². The molecule has 0 radical (unpaired) electrons. The minimum atomic E-state index is 0.0851. The van der Waals surface area contributed by atoms with Crippen LogP contribution >= 0.6 is 0 Å². The van der Waals surface area contributed by atoms with E-state index in [1.54, 1.807) is 11.0 Å². The van der Waals surface area contributed by atoms with Gasteiger partial charge in [0.05, 0.1) is 6.04 Å². The lowest BCUT2D eigenvalue weighted by molar-refractivity contribution is -0.128. The van der Waals surface area contributed by atoms with E-state index >= 15 is 0 Å². The maximum Gasteiger partial charge on any atom is 0.246 e. The van der Waals surface area contributed by atoms with Gasteiger partial charge in [-0.1, -0.05) is 43.3 Å². The van der Waals surface area contributed by atoms with Gasteiger partial charge >= 0.3 is 0 Å². The summed E-state index contributed by atoms with van der Waals surface area (Å²) in [7, 11) is 1.86. The van der Waals surface area contributed by atoms with Crippen LogP contribution in [0.4, 0.5) is 0 Å². The molecule has 15 heavy (non-hydrogen) atoms. The van der Waals surface area contributed by atoms with Gasteiger partial charge in [0.2, 0.25) is 5.91 Å². The number of rotatable bonds is 1. The Balaban J connectivity index is 2.36. The van der Waals surface area contributed by atoms with Gasteiger partial charge in [0.15, 0.2) is 0 Å². The molecular formula is C13H15NO. The van der Waals surface area contributed by atoms with E-state index in [0.717, 1.165) is 0 Å². The van der Waals surface area contributed by atoms with E-state index in [1.807, 2.05) is 31.3 Å². The summed E-state index contributed by atoms with van der Waals surface area (Å²) in [5.41, 5.74) is 1.20. The zero-order valence-electron chi connectivity index (χ0n) is 9.05. The largest absolute Gasteiger partial charge is 0.335 e. The summed E-state index contributed by atoms with van der Waals surface area (Å²) in [6.45, 7) is 2.14. The van der Waals surface area contributed by atoms with Gasteiger partial charge in [0.1, 0.15) is 0 Å². The van der Waals surface area contributed by atoms with E-state index < -0.39 is 0 Å². The van der Waals surface area contributed by atoms with Crippen molar-refractivity contribution in [2.75, 3.05) is 7.05 Å². The summed E-state index contributed by atoms with van der Waals surface area (Å²) in [5, 5.41) is 0. The Morgan fingerprint density at radius 2 is 1.87 bits per heavy atom. The molecule has 0 saturated heterocycles. The van der Waals surface area contributed by atoms with Gasteiger partial charge in [-0.25, -0.2) is 0 Å². The van der Waals surface area contributed by atoms with Crippen LogP contribution in [0.5, 0.6) is 0 Å². The highest BCUT2D eigenvalue weighted by Crippen LogP contribution is 2.31. The molecule has 1 aliphatic heterocycles. The molecule has 1 heterocycles. The molecule has 78 valence electrons. The number of benzene rings is 1. The van der Waals surface area contributed by atoms with Crippen molar-refractivity contribution in [2.24, 2.45) is 5.92 Å². The van der Waals surface area contributed by atoms with Gasteiger partial charge in [-0.3, -0.25) is 4.79 Å². The second kappa shape index (κ2) is 3.89. The average Bonchev–Trinajstić information content (AvgIpc) is 2.26. The summed E-state index contributed by atoms with van der Waals surface area (Å²) >= 11 is 0. The molecule has 0 fully saturated rings. The number of nitrogens with zero attached hydrogens (tertiary/aromatic N) is 1. The summed E-state index contributed by atoms with van der Waals surface area (Å²) < 4.78 is 0. The highest BCUT2D eigenvalue weighted by atomic mass is 16.2. The smallest absolute Gasteiger partial charge is 0.246 e. The van der Waals surface area contributed by atoms with Crippen LogP contribution in [0.2, 0.25) is 0 Å². The zero-order valence-corrected chi connectivity index (χ0v) is 9.05. The van der Waals surface area contributed by atoms with E-state index in [9.17, 15) is 4.79 Å². The third kappa shape index (κ3) is 1.80. The van der Waals surface area contributed by atoms with Crippen LogP contribution in [0.1, 0.15) is 18.5 Å². The first-order valence-corrected chi connectivity index (χ1v) is 5.20. The fourth-order valence-corrected chi connectivity index (χ4v) is 2.12. The first kappa shape index (κ1) is 9.97. The molecule has 0 saturated carbocycles. The molecule has 2 rings (SSSR count). The molecule has 2 heteroatoms. The standard InChI is InChI=1S/C13H15NO/c1-10-8-9-12(15)14(2)13(10)11-6-4-3-5-7-11/h3-10,13H,1-2H3/t10-,13+/m0/s1. The minimum Gasteiger partial charge on any atom is -0.335 e. The van der Waals surface area contributed by atoms with E-state index in [2.05, 4.69) is 19.1 Å². The van der Waals surface area contributed by atoms with Crippen molar-refractivity contribution >= 4 is 5.91 Å². The number of likely N-dealkylation sites (N-methyl/N-ethyl adjacent to an activating group) is 1. The highest BCUT2D eigenvalue weighted by molar-refractivity contribution is 5.88. The van der Waals surface area contributed by atoms with Gasteiger partial charge in [-0.15, -0.1) is 0 Å². The van der Waals surface area contributed by atoms with Crippen LogP contribution in [0.25, 0.3) is 0 Å². The van der Waals surface area contributed by atoms with Gasteiger partial charge in [0, 0.05) is 7.05 Å².